The van der Waals surface area contributed by atoms with Gasteiger partial charge in [-0.3, -0.25) is 0 Å². The minimum Gasteiger partial charge on any atom is -0.369 e. The monoisotopic (exact) mass is 200 g/mol. The number of hydrogen-bond donors (Lipinski definition) is 5. The van der Waals surface area contributed by atoms with E-state index in [1.165, 1.54) is 0 Å². The van der Waals surface area contributed by atoms with Crippen LogP contribution in [0.4, 0.5) is 9.59 Å². The standard InChI is InChI=1S/2CH4N2O.NO3.H3N/c3*2-1(3)4;/h2*(H4,2,3,4);;1H3/q;;-1;/p+1. The normalized spacial score (nSPS) is 5.54. The van der Waals surface area contributed by atoms with Crippen LogP contribution in [0.15, 0.2) is 0 Å². The molecular formula is C2H12N6O5. The average Bonchev–Trinajstić information content (AvgIpc) is 1.54. The quantitative estimate of drug-likeness (QED) is 0.223. The lowest BCUT2D eigenvalue weighted by Crippen LogP contribution is -2.18. The molecule has 0 aliphatic carbocycles. The van der Waals surface area contributed by atoms with Crippen molar-refractivity contribution >= 4 is 12.1 Å². The first-order chi connectivity index (χ1) is 5.20. The van der Waals surface area contributed by atoms with Crippen molar-refractivity contribution in [3.05, 3.63) is 15.3 Å². The molecule has 0 aliphatic heterocycles. The number of hydrogen-bond acceptors (Lipinski definition) is 5. The summed E-state index contributed by atoms with van der Waals surface area (Å²) in [6.45, 7) is 0. The Kier molecular flexibility index (Phi) is 28.2. The molecule has 0 bridgehead atoms. The molecule has 0 atom stereocenters. The number of quaternary nitrogens is 1. The fourth-order valence-corrected chi connectivity index (χ4v) is 0. The molecule has 0 radical (unpaired) electrons. The van der Waals surface area contributed by atoms with E-state index in [1.807, 2.05) is 0 Å². The van der Waals surface area contributed by atoms with Crippen LogP contribution in [-0.4, -0.2) is 17.1 Å². The van der Waals surface area contributed by atoms with Crippen molar-refractivity contribution in [2.75, 3.05) is 0 Å². The summed E-state index contributed by atoms with van der Waals surface area (Å²) in [5.74, 6) is 0. The molecule has 0 heterocycles. The SMILES string of the molecule is NC(N)=O.NC(N)=O.O=[N+]([O-])[O-].[NH4+]. The maximum atomic E-state index is 9.00. The van der Waals surface area contributed by atoms with Gasteiger partial charge in [-0.15, -0.1) is 0 Å². The molecule has 0 aromatic heterocycles. The Balaban J connectivity index is -0.0000000450. The molecule has 0 aliphatic rings. The lowest BCUT2D eigenvalue weighted by molar-refractivity contribution is -0.402. The maximum absolute atomic E-state index is 9.00. The van der Waals surface area contributed by atoms with Crippen molar-refractivity contribution in [2.24, 2.45) is 22.9 Å². The van der Waals surface area contributed by atoms with Gasteiger partial charge in [0.25, 0.3) is 0 Å². The van der Waals surface area contributed by atoms with Crippen LogP contribution in [0.25, 0.3) is 0 Å². The summed E-state index contributed by atoms with van der Waals surface area (Å²) in [5, 5.41) is 14.8. The van der Waals surface area contributed by atoms with E-state index in [0.29, 0.717) is 0 Å². The maximum Gasteiger partial charge on any atom is 0.309 e. The van der Waals surface area contributed by atoms with E-state index in [0.717, 1.165) is 0 Å². The van der Waals surface area contributed by atoms with Crippen LogP contribution in [0, 0.1) is 15.3 Å². The van der Waals surface area contributed by atoms with Gasteiger partial charge in [-0.05, 0) is 0 Å². The zero-order valence-electron chi connectivity index (χ0n) is 6.80. The molecule has 0 unspecified atom stereocenters. The zero-order valence-corrected chi connectivity index (χ0v) is 6.80. The third-order valence-corrected chi connectivity index (χ3v) is 0. The summed E-state index contributed by atoms with van der Waals surface area (Å²) in [6.07, 6.45) is 0. The van der Waals surface area contributed by atoms with E-state index in [4.69, 9.17) is 24.9 Å². The molecule has 80 valence electrons. The summed E-state index contributed by atoms with van der Waals surface area (Å²) >= 11 is 0. The molecule has 0 aromatic carbocycles. The molecule has 0 saturated carbocycles. The minimum atomic E-state index is -1.75. The number of carbonyl (C=O) groups is 2. The Morgan fingerprint density at radius 3 is 0.923 bits per heavy atom. The number of nitrogens with zero attached hydrogens (tertiary/aromatic N) is 1. The largest absolute Gasteiger partial charge is 0.369 e. The van der Waals surface area contributed by atoms with Gasteiger partial charge in [0.2, 0.25) is 0 Å². The van der Waals surface area contributed by atoms with Crippen molar-refractivity contribution in [1.82, 2.24) is 6.15 Å². The molecular weight excluding hydrogens is 188 g/mol. The first-order valence-corrected chi connectivity index (χ1v) is 2.11. The predicted molar refractivity (Wildman–Crippen MR) is 43.9 cm³/mol. The molecule has 0 aromatic rings. The average molecular weight is 200 g/mol. The van der Waals surface area contributed by atoms with Crippen LogP contribution in [0.3, 0.4) is 0 Å². The molecule has 4 amide bonds. The van der Waals surface area contributed by atoms with Gasteiger partial charge in [0, 0.05) is 0 Å². The number of urea groups is 2. The molecule has 0 rings (SSSR count). The van der Waals surface area contributed by atoms with Crippen LogP contribution in [0.5, 0.6) is 0 Å². The number of carbonyl (C=O) groups excluding carboxylic acids is 2. The fourth-order valence-electron chi connectivity index (χ4n) is 0. The highest BCUT2D eigenvalue weighted by atomic mass is 16.9. The summed E-state index contributed by atoms with van der Waals surface area (Å²) < 4.78 is 0. The van der Waals surface area contributed by atoms with Crippen LogP contribution < -0.4 is 29.1 Å². The van der Waals surface area contributed by atoms with Gasteiger partial charge < -0.3 is 44.4 Å². The predicted octanol–water partition coefficient (Wildman–Crippen LogP) is -1.82. The van der Waals surface area contributed by atoms with Gasteiger partial charge in [0.1, 0.15) is 0 Å². The Morgan fingerprint density at radius 2 is 0.923 bits per heavy atom. The van der Waals surface area contributed by atoms with E-state index in [9.17, 15) is 0 Å². The molecule has 12 N–H and O–H groups in total. The topological polar surface area (TPSA) is 241 Å². The van der Waals surface area contributed by atoms with E-state index >= 15 is 0 Å². The third kappa shape index (κ3) is 109. The Bertz CT molecular complexity index is 117. The highest BCUT2D eigenvalue weighted by Crippen LogP contribution is 1.44. The Morgan fingerprint density at radius 1 is 0.923 bits per heavy atom. The number of primary amides is 4. The smallest absolute Gasteiger partial charge is 0.309 e. The number of rotatable bonds is 0. The summed E-state index contributed by atoms with van der Waals surface area (Å²) in [4.78, 5) is 26.2. The number of nitrogens with two attached hydrogens (primary N) is 4. The highest BCUT2D eigenvalue weighted by molar-refractivity contribution is 5.69. The minimum absolute atomic E-state index is 0. The Hall–Kier alpha value is -2.30. The fraction of sp³-hybridized carbons (Fsp3) is 0. The van der Waals surface area contributed by atoms with Crippen LogP contribution in [0.1, 0.15) is 0 Å². The second-order valence-electron chi connectivity index (χ2n) is 1.03. The van der Waals surface area contributed by atoms with E-state index in [1.54, 1.807) is 0 Å². The third-order valence-electron chi connectivity index (χ3n) is 0. The van der Waals surface area contributed by atoms with Crippen molar-refractivity contribution in [2.45, 2.75) is 0 Å². The molecule has 0 spiro atoms. The van der Waals surface area contributed by atoms with E-state index in [2.05, 4.69) is 22.9 Å². The molecule has 13 heavy (non-hydrogen) atoms. The molecule has 11 heteroatoms. The van der Waals surface area contributed by atoms with Gasteiger partial charge in [-0.1, -0.05) is 0 Å². The van der Waals surface area contributed by atoms with Gasteiger partial charge in [0.15, 0.2) is 0 Å². The van der Waals surface area contributed by atoms with Crippen LogP contribution in [-0.2, 0) is 0 Å². The summed E-state index contributed by atoms with van der Waals surface area (Å²) in [5.41, 5.74) is 17.0. The lowest BCUT2D eigenvalue weighted by Gasteiger charge is -1.74. The molecule has 0 saturated heterocycles. The second-order valence-corrected chi connectivity index (χ2v) is 1.03. The number of amides is 4. The van der Waals surface area contributed by atoms with Crippen molar-refractivity contribution < 1.29 is 14.7 Å². The zero-order chi connectivity index (χ0) is 10.7. The van der Waals surface area contributed by atoms with Crippen LogP contribution >= 0.6 is 0 Å². The molecule has 0 fully saturated rings. The second kappa shape index (κ2) is 16.4. The van der Waals surface area contributed by atoms with Crippen molar-refractivity contribution in [1.29, 1.82) is 0 Å². The van der Waals surface area contributed by atoms with E-state index in [-0.39, 0.29) is 6.15 Å². The Labute approximate surface area is 72.3 Å². The van der Waals surface area contributed by atoms with Crippen molar-refractivity contribution in [3.8, 4) is 0 Å². The lowest BCUT2D eigenvalue weighted by atomic mass is 11.2. The summed E-state index contributed by atoms with van der Waals surface area (Å²) in [6, 6.07) is -1.67. The summed E-state index contributed by atoms with van der Waals surface area (Å²) in [7, 11) is 0. The van der Waals surface area contributed by atoms with Crippen LogP contribution in [0.2, 0.25) is 0 Å². The van der Waals surface area contributed by atoms with Gasteiger partial charge in [0.05, 0.1) is 5.09 Å². The first-order valence-electron chi connectivity index (χ1n) is 2.11. The van der Waals surface area contributed by atoms with Crippen molar-refractivity contribution in [3.63, 3.8) is 0 Å². The van der Waals surface area contributed by atoms with Gasteiger partial charge >= 0.3 is 12.1 Å². The van der Waals surface area contributed by atoms with Gasteiger partial charge in [-0.25, -0.2) is 9.59 Å². The van der Waals surface area contributed by atoms with E-state index < -0.39 is 17.1 Å². The first kappa shape index (κ1) is 22.4. The molecule has 11 nitrogen and oxygen atoms in total. The highest BCUT2D eigenvalue weighted by Gasteiger charge is 1.61. The van der Waals surface area contributed by atoms with Gasteiger partial charge in [-0.2, -0.15) is 0 Å².